The molecule has 0 aliphatic heterocycles. The summed E-state index contributed by atoms with van der Waals surface area (Å²) in [6.07, 6.45) is -4.82. The maximum Gasteiger partial charge on any atom is 0.452 e. The summed E-state index contributed by atoms with van der Waals surface area (Å²) in [5.74, 6) is -3.26. The molecule has 3 aromatic rings. The van der Waals surface area contributed by atoms with Crippen molar-refractivity contribution in [1.82, 2.24) is 9.88 Å². The number of sulfonamides is 1. The smallest absolute Gasteiger partial charge is 0.452 e. The lowest BCUT2D eigenvalue weighted by atomic mass is 9.93. The standard InChI is InChI=1S/C19H14F4N2O5S2/c1-17(10-2-4-11(20)5-3-10)9-18(17,16(26)27)25-32(28,29)15-7-6-13(31-15)12-8-14(30-24-12)19(21,22)23/h2-8,25H,9H2,1H3,(H,26,27)/t17-,18-/m1/s1. The molecule has 2 N–H and O–H groups in total. The number of carboxylic acids is 1. The van der Waals surface area contributed by atoms with Gasteiger partial charge in [0.2, 0.25) is 5.76 Å². The largest absolute Gasteiger partial charge is 0.480 e. The van der Waals surface area contributed by atoms with Gasteiger partial charge in [0.15, 0.2) is 0 Å². The van der Waals surface area contributed by atoms with Crippen molar-refractivity contribution in [2.24, 2.45) is 0 Å². The molecule has 1 aliphatic rings. The predicted molar refractivity (Wildman–Crippen MR) is 104 cm³/mol. The zero-order valence-corrected chi connectivity index (χ0v) is 17.7. The van der Waals surface area contributed by atoms with E-state index in [-0.39, 0.29) is 21.2 Å². The van der Waals surface area contributed by atoms with Gasteiger partial charge in [-0.1, -0.05) is 24.2 Å². The van der Waals surface area contributed by atoms with Crippen LogP contribution >= 0.6 is 11.3 Å². The molecule has 170 valence electrons. The summed E-state index contributed by atoms with van der Waals surface area (Å²) in [6.45, 7) is 1.55. The second-order valence-electron chi connectivity index (χ2n) is 7.52. The first-order chi connectivity index (χ1) is 14.8. The van der Waals surface area contributed by atoms with Crippen LogP contribution in [0.25, 0.3) is 10.6 Å². The van der Waals surface area contributed by atoms with E-state index in [4.69, 9.17) is 0 Å². The van der Waals surface area contributed by atoms with Gasteiger partial charge in [-0.15, -0.1) is 11.3 Å². The molecule has 32 heavy (non-hydrogen) atoms. The van der Waals surface area contributed by atoms with Crippen LogP contribution in [0, 0.1) is 5.82 Å². The topological polar surface area (TPSA) is 110 Å². The molecule has 13 heteroatoms. The second-order valence-corrected chi connectivity index (χ2v) is 10.5. The van der Waals surface area contributed by atoms with E-state index in [1.165, 1.54) is 18.2 Å². The maximum atomic E-state index is 13.2. The molecule has 2 aromatic heterocycles. The number of thiophene rings is 1. The molecular formula is C19H14F4N2O5S2. The summed E-state index contributed by atoms with van der Waals surface area (Å²) in [7, 11) is -4.36. The fourth-order valence-electron chi connectivity index (χ4n) is 3.56. The summed E-state index contributed by atoms with van der Waals surface area (Å²) in [4.78, 5) is 12.1. The van der Waals surface area contributed by atoms with Gasteiger partial charge in [-0.3, -0.25) is 4.79 Å². The third kappa shape index (κ3) is 3.59. The van der Waals surface area contributed by atoms with Gasteiger partial charge in [0.25, 0.3) is 10.0 Å². The van der Waals surface area contributed by atoms with Crippen LogP contribution in [-0.2, 0) is 26.4 Å². The number of benzene rings is 1. The van der Waals surface area contributed by atoms with E-state index >= 15 is 0 Å². The molecule has 0 spiro atoms. The minimum absolute atomic E-state index is 0.0728. The molecule has 7 nitrogen and oxygen atoms in total. The molecule has 1 saturated carbocycles. The van der Waals surface area contributed by atoms with Crippen molar-refractivity contribution in [2.45, 2.75) is 34.7 Å². The quantitative estimate of drug-likeness (QED) is 0.505. The highest BCUT2D eigenvalue weighted by molar-refractivity contribution is 7.91. The highest BCUT2D eigenvalue weighted by Gasteiger charge is 2.72. The minimum Gasteiger partial charge on any atom is -0.480 e. The Morgan fingerprint density at radius 2 is 1.88 bits per heavy atom. The fraction of sp³-hybridized carbons (Fsp3) is 0.263. The molecular weight excluding hydrogens is 476 g/mol. The van der Waals surface area contributed by atoms with Gasteiger partial charge in [-0.05, 0) is 36.2 Å². The number of nitrogens with zero attached hydrogens (tertiary/aromatic N) is 1. The highest BCUT2D eigenvalue weighted by atomic mass is 32.2. The van der Waals surface area contributed by atoms with Crippen LogP contribution in [0.15, 0.2) is 51.2 Å². The summed E-state index contributed by atoms with van der Waals surface area (Å²) < 4.78 is 83.4. The average molecular weight is 490 g/mol. The van der Waals surface area contributed by atoms with E-state index < -0.39 is 44.7 Å². The SMILES string of the molecule is C[C@]1(c2ccc(F)cc2)C[C@@]1(NS(=O)(=O)c1ccc(-c2cc(C(F)(F)F)on2)s1)C(=O)O. The Kier molecular flexibility index (Phi) is 4.99. The van der Waals surface area contributed by atoms with Crippen LogP contribution in [0.4, 0.5) is 17.6 Å². The first-order valence-corrected chi connectivity index (χ1v) is 11.3. The summed E-state index contributed by atoms with van der Waals surface area (Å²) >= 11 is 0.612. The number of halogens is 4. The zero-order valence-electron chi connectivity index (χ0n) is 16.1. The number of rotatable bonds is 6. The number of carbonyl (C=O) groups is 1. The van der Waals surface area contributed by atoms with E-state index in [2.05, 4.69) is 14.4 Å². The van der Waals surface area contributed by atoms with Crippen LogP contribution in [-0.4, -0.2) is 30.2 Å². The lowest BCUT2D eigenvalue weighted by Crippen LogP contribution is -2.47. The molecule has 0 radical (unpaired) electrons. The molecule has 0 saturated heterocycles. The highest BCUT2D eigenvalue weighted by Crippen LogP contribution is 2.58. The summed E-state index contributed by atoms with van der Waals surface area (Å²) in [6, 6.07) is 8.10. The Morgan fingerprint density at radius 1 is 1.22 bits per heavy atom. The molecule has 2 heterocycles. The van der Waals surface area contributed by atoms with Gasteiger partial charge in [0.05, 0.1) is 4.88 Å². The van der Waals surface area contributed by atoms with Crippen molar-refractivity contribution >= 4 is 27.3 Å². The van der Waals surface area contributed by atoms with Crippen molar-refractivity contribution in [3.05, 3.63) is 59.6 Å². The molecule has 1 aliphatic carbocycles. The van der Waals surface area contributed by atoms with Crippen molar-refractivity contribution in [1.29, 1.82) is 0 Å². The molecule has 4 rings (SSSR count). The van der Waals surface area contributed by atoms with Gasteiger partial charge in [0, 0.05) is 11.5 Å². The van der Waals surface area contributed by atoms with Crippen LogP contribution < -0.4 is 4.72 Å². The minimum atomic E-state index is -4.75. The van der Waals surface area contributed by atoms with Crippen molar-refractivity contribution in [3.63, 3.8) is 0 Å². The van der Waals surface area contributed by atoms with E-state index in [9.17, 15) is 35.9 Å². The molecule has 2 atom stereocenters. The monoisotopic (exact) mass is 490 g/mol. The Morgan fingerprint density at radius 3 is 2.44 bits per heavy atom. The van der Waals surface area contributed by atoms with Crippen molar-refractivity contribution in [2.75, 3.05) is 0 Å². The molecule has 1 fully saturated rings. The molecule has 1 aromatic carbocycles. The van der Waals surface area contributed by atoms with Gasteiger partial charge in [-0.2, -0.15) is 17.9 Å². The Hall–Kier alpha value is -2.77. The molecule has 0 amide bonds. The van der Waals surface area contributed by atoms with Gasteiger partial charge in [-0.25, -0.2) is 12.8 Å². The van der Waals surface area contributed by atoms with Crippen molar-refractivity contribution in [3.8, 4) is 10.6 Å². The number of alkyl halides is 3. The first-order valence-electron chi connectivity index (χ1n) is 8.96. The first kappa shape index (κ1) is 22.4. The summed E-state index contributed by atoms with van der Waals surface area (Å²) in [5, 5.41) is 13.1. The van der Waals surface area contributed by atoms with Gasteiger partial charge in [0.1, 0.15) is 21.3 Å². The van der Waals surface area contributed by atoms with E-state index in [0.717, 1.165) is 18.2 Å². The van der Waals surface area contributed by atoms with Crippen LogP contribution in [0.1, 0.15) is 24.7 Å². The van der Waals surface area contributed by atoms with E-state index in [1.807, 2.05) is 0 Å². The van der Waals surface area contributed by atoms with Gasteiger partial charge >= 0.3 is 12.1 Å². The Balaban J connectivity index is 1.62. The molecule has 0 unspecified atom stereocenters. The maximum absolute atomic E-state index is 13.2. The lowest BCUT2D eigenvalue weighted by Gasteiger charge is -2.20. The normalized spacial score (nSPS) is 23.3. The van der Waals surface area contributed by atoms with Crippen LogP contribution in [0.2, 0.25) is 0 Å². The summed E-state index contributed by atoms with van der Waals surface area (Å²) in [5.41, 5.74) is -2.77. The second kappa shape index (κ2) is 7.12. The third-order valence-corrected chi connectivity index (χ3v) is 8.57. The van der Waals surface area contributed by atoms with Crippen LogP contribution in [0.3, 0.4) is 0 Å². The predicted octanol–water partition coefficient (Wildman–Crippen LogP) is 4.02. The fourth-order valence-corrected chi connectivity index (χ4v) is 6.28. The lowest BCUT2D eigenvalue weighted by molar-refractivity contribution is -0.155. The number of nitrogens with one attached hydrogen (secondary N) is 1. The van der Waals surface area contributed by atoms with Crippen LogP contribution in [0.5, 0.6) is 0 Å². The average Bonchev–Trinajstić information content (AvgIpc) is 3.13. The molecule has 0 bridgehead atoms. The number of hydrogen-bond donors (Lipinski definition) is 2. The number of aliphatic carboxylic acids is 1. The third-order valence-electron chi connectivity index (χ3n) is 5.48. The Bertz CT molecular complexity index is 1300. The van der Waals surface area contributed by atoms with Gasteiger partial charge < -0.3 is 9.63 Å². The van der Waals surface area contributed by atoms with E-state index in [0.29, 0.717) is 23.0 Å². The Labute approximate surface area is 182 Å². The zero-order chi connectivity index (χ0) is 23.5. The number of carboxylic acid groups (broad SMARTS) is 1. The number of aromatic nitrogens is 1. The van der Waals surface area contributed by atoms with Crippen molar-refractivity contribution < 1.29 is 40.4 Å². The van der Waals surface area contributed by atoms with E-state index in [1.54, 1.807) is 6.92 Å². The number of hydrogen-bond acceptors (Lipinski definition) is 6.